The van der Waals surface area contributed by atoms with Gasteiger partial charge in [-0.3, -0.25) is 4.79 Å². The predicted octanol–water partition coefficient (Wildman–Crippen LogP) is 4.67. The van der Waals surface area contributed by atoms with E-state index in [4.69, 9.17) is 4.74 Å². The van der Waals surface area contributed by atoms with Crippen LogP contribution in [0.25, 0.3) is 11.4 Å². The van der Waals surface area contributed by atoms with Crippen molar-refractivity contribution >= 4 is 23.4 Å². The molecule has 1 aromatic heterocycles. The average Bonchev–Trinajstić information content (AvgIpc) is 3.39. The maximum atomic E-state index is 13.7. The van der Waals surface area contributed by atoms with E-state index in [1.54, 1.807) is 12.1 Å². The van der Waals surface area contributed by atoms with E-state index in [2.05, 4.69) is 15.5 Å². The first kappa shape index (κ1) is 20.4. The third-order valence-electron chi connectivity index (χ3n) is 5.03. The first-order valence-corrected chi connectivity index (χ1v) is 10.9. The molecule has 0 aliphatic heterocycles. The molecule has 8 heteroatoms. The molecular weight excluding hydrogens is 403 g/mol. The highest BCUT2D eigenvalue weighted by atomic mass is 32.2. The second-order valence-corrected chi connectivity index (χ2v) is 8.17. The van der Waals surface area contributed by atoms with Gasteiger partial charge in [-0.15, -0.1) is 10.2 Å². The third kappa shape index (κ3) is 4.81. The number of ether oxygens (including phenoxy) is 1. The maximum absolute atomic E-state index is 13.7. The Morgan fingerprint density at radius 3 is 2.63 bits per heavy atom. The van der Waals surface area contributed by atoms with Gasteiger partial charge in [0.2, 0.25) is 5.91 Å². The average molecular weight is 427 g/mol. The van der Waals surface area contributed by atoms with Crippen LogP contribution < -0.4 is 10.1 Å². The van der Waals surface area contributed by atoms with Gasteiger partial charge in [0.25, 0.3) is 0 Å². The summed E-state index contributed by atoms with van der Waals surface area (Å²) in [6.07, 6.45) is 5.04. The van der Waals surface area contributed by atoms with E-state index >= 15 is 0 Å². The molecule has 0 saturated heterocycles. The van der Waals surface area contributed by atoms with E-state index in [1.807, 2.05) is 35.9 Å². The Balaban J connectivity index is 1.36. The van der Waals surface area contributed by atoms with Crippen LogP contribution in [-0.4, -0.2) is 32.5 Å². The molecule has 0 atom stereocenters. The monoisotopic (exact) mass is 426 g/mol. The molecule has 4 rings (SSSR count). The highest BCUT2D eigenvalue weighted by Gasteiger charge is 2.17. The van der Waals surface area contributed by atoms with Crippen LogP contribution in [0.1, 0.15) is 25.7 Å². The summed E-state index contributed by atoms with van der Waals surface area (Å²) in [5.41, 5.74) is 1.09. The van der Waals surface area contributed by atoms with Crippen LogP contribution >= 0.6 is 11.8 Å². The number of hydrogen-bond acceptors (Lipinski definition) is 5. The van der Waals surface area contributed by atoms with Crippen LogP contribution in [0, 0.1) is 5.82 Å². The van der Waals surface area contributed by atoms with Crippen molar-refractivity contribution in [2.24, 2.45) is 7.05 Å². The van der Waals surface area contributed by atoms with Gasteiger partial charge in [-0.2, -0.15) is 0 Å². The molecule has 1 aliphatic rings. The first-order valence-electron chi connectivity index (χ1n) is 9.94. The van der Waals surface area contributed by atoms with E-state index in [-0.39, 0.29) is 17.3 Å². The molecule has 3 aromatic rings. The zero-order valence-corrected chi connectivity index (χ0v) is 17.5. The summed E-state index contributed by atoms with van der Waals surface area (Å²) in [4.78, 5) is 12.1. The van der Waals surface area contributed by atoms with Crippen molar-refractivity contribution in [1.82, 2.24) is 14.8 Å². The number of aromatic nitrogens is 3. The van der Waals surface area contributed by atoms with Crippen molar-refractivity contribution in [1.29, 1.82) is 0 Å². The van der Waals surface area contributed by atoms with Gasteiger partial charge in [0.15, 0.2) is 11.0 Å². The number of benzene rings is 2. The minimum absolute atomic E-state index is 0.106. The standard InChI is InChI=1S/C22H23FN4O2S/c1-27-21(15-10-12-17(13-11-15)29-16-6-2-3-7-16)25-26-22(27)30-14-20(28)24-19-9-5-4-8-18(19)23/h4-5,8-13,16H,2-3,6-7,14H2,1H3,(H,24,28). The summed E-state index contributed by atoms with van der Waals surface area (Å²) in [6, 6.07) is 13.9. The van der Waals surface area contributed by atoms with Gasteiger partial charge >= 0.3 is 0 Å². The largest absolute Gasteiger partial charge is 0.490 e. The molecule has 1 heterocycles. The van der Waals surface area contributed by atoms with Crippen LogP contribution in [0.3, 0.4) is 0 Å². The number of rotatable bonds is 7. The van der Waals surface area contributed by atoms with Crippen molar-refractivity contribution in [3.05, 3.63) is 54.3 Å². The van der Waals surface area contributed by atoms with Crippen molar-refractivity contribution in [3.8, 4) is 17.1 Å². The number of nitrogens with one attached hydrogen (secondary N) is 1. The summed E-state index contributed by atoms with van der Waals surface area (Å²) >= 11 is 1.25. The number of hydrogen-bond donors (Lipinski definition) is 1. The molecular formula is C22H23FN4O2S. The van der Waals surface area contributed by atoms with Gasteiger partial charge in [-0.05, 0) is 62.1 Å². The normalized spacial score (nSPS) is 14.1. The van der Waals surface area contributed by atoms with Gasteiger partial charge in [0.05, 0.1) is 17.5 Å². The Labute approximate surface area is 178 Å². The lowest BCUT2D eigenvalue weighted by atomic mass is 10.2. The van der Waals surface area contributed by atoms with E-state index in [0.717, 1.165) is 24.2 Å². The number of halogens is 1. The second kappa shape index (κ2) is 9.30. The van der Waals surface area contributed by atoms with E-state index in [9.17, 15) is 9.18 Å². The molecule has 156 valence electrons. The van der Waals surface area contributed by atoms with Gasteiger partial charge < -0.3 is 14.6 Å². The lowest BCUT2D eigenvalue weighted by Crippen LogP contribution is -2.15. The Kier molecular flexibility index (Phi) is 6.32. The smallest absolute Gasteiger partial charge is 0.234 e. The Hall–Kier alpha value is -2.87. The number of carbonyl (C=O) groups is 1. The van der Waals surface area contributed by atoms with E-state index in [0.29, 0.717) is 17.1 Å². The molecule has 6 nitrogen and oxygen atoms in total. The quantitative estimate of drug-likeness (QED) is 0.556. The van der Waals surface area contributed by atoms with Crippen LogP contribution in [0.5, 0.6) is 5.75 Å². The third-order valence-corrected chi connectivity index (χ3v) is 6.05. The fourth-order valence-corrected chi connectivity index (χ4v) is 4.16. The number of nitrogens with zero attached hydrogens (tertiary/aromatic N) is 3. The van der Waals surface area contributed by atoms with Gasteiger partial charge in [-0.1, -0.05) is 23.9 Å². The van der Waals surface area contributed by atoms with Crippen molar-refractivity contribution < 1.29 is 13.9 Å². The summed E-state index contributed by atoms with van der Waals surface area (Å²) < 4.78 is 21.5. The SMILES string of the molecule is Cn1c(SCC(=O)Nc2ccccc2F)nnc1-c1ccc(OC2CCCC2)cc1. The maximum Gasteiger partial charge on any atom is 0.234 e. The lowest BCUT2D eigenvalue weighted by Gasteiger charge is -2.13. The number of para-hydroxylation sites is 1. The number of anilines is 1. The van der Waals surface area contributed by atoms with Crippen LogP contribution in [0.2, 0.25) is 0 Å². The minimum Gasteiger partial charge on any atom is -0.490 e. The molecule has 0 radical (unpaired) electrons. The molecule has 0 spiro atoms. The zero-order chi connectivity index (χ0) is 20.9. The number of carbonyl (C=O) groups excluding carboxylic acids is 1. The Morgan fingerprint density at radius 1 is 1.17 bits per heavy atom. The molecule has 1 fully saturated rings. The lowest BCUT2D eigenvalue weighted by molar-refractivity contribution is -0.113. The van der Waals surface area contributed by atoms with E-state index in [1.165, 1.54) is 36.7 Å². The highest BCUT2D eigenvalue weighted by Crippen LogP contribution is 2.27. The zero-order valence-electron chi connectivity index (χ0n) is 16.7. The second-order valence-electron chi connectivity index (χ2n) is 7.23. The molecule has 0 bridgehead atoms. The summed E-state index contributed by atoms with van der Waals surface area (Å²) in [5.74, 6) is 0.918. The molecule has 1 saturated carbocycles. The number of amides is 1. The molecule has 0 unspecified atom stereocenters. The Morgan fingerprint density at radius 2 is 1.90 bits per heavy atom. The van der Waals surface area contributed by atoms with Gasteiger partial charge in [0.1, 0.15) is 11.6 Å². The molecule has 1 N–H and O–H groups in total. The topological polar surface area (TPSA) is 69.0 Å². The van der Waals surface area contributed by atoms with Crippen LogP contribution in [0.15, 0.2) is 53.7 Å². The van der Waals surface area contributed by atoms with Gasteiger partial charge in [0, 0.05) is 12.6 Å². The molecule has 2 aromatic carbocycles. The highest BCUT2D eigenvalue weighted by molar-refractivity contribution is 7.99. The van der Waals surface area contributed by atoms with Crippen LogP contribution in [0.4, 0.5) is 10.1 Å². The fraction of sp³-hybridized carbons (Fsp3) is 0.318. The van der Waals surface area contributed by atoms with Gasteiger partial charge in [-0.25, -0.2) is 4.39 Å². The Bertz CT molecular complexity index is 1020. The molecule has 1 aliphatic carbocycles. The number of thioether (sulfide) groups is 1. The van der Waals surface area contributed by atoms with Crippen molar-refractivity contribution in [2.75, 3.05) is 11.1 Å². The summed E-state index contributed by atoms with van der Waals surface area (Å²) in [7, 11) is 1.86. The first-order chi connectivity index (χ1) is 14.6. The predicted molar refractivity (Wildman–Crippen MR) is 115 cm³/mol. The minimum atomic E-state index is -0.461. The summed E-state index contributed by atoms with van der Waals surface area (Å²) in [5, 5.41) is 11.6. The van der Waals surface area contributed by atoms with Crippen molar-refractivity contribution in [3.63, 3.8) is 0 Å². The van der Waals surface area contributed by atoms with E-state index < -0.39 is 5.82 Å². The van der Waals surface area contributed by atoms with Crippen molar-refractivity contribution in [2.45, 2.75) is 36.9 Å². The molecule has 30 heavy (non-hydrogen) atoms. The summed E-state index contributed by atoms with van der Waals surface area (Å²) in [6.45, 7) is 0. The van der Waals surface area contributed by atoms with Crippen LogP contribution in [-0.2, 0) is 11.8 Å². The molecule has 1 amide bonds. The fourth-order valence-electron chi connectivity index (χ4n) is 3.45.